The largest absolute Gasteiger partial charge is 0.358 e. The van der Waals surface area contributed by atoms with E-state index in [1.807, 2.05) is 57.2 Å². The Morgan fingerprint density at radius 3 is 2.54 bits per heavy atom. The van der Waals surface area contributed by atoms with Crippen LogP contribution in [0.2, 0.25) is 0 Å². The third kappa shape index (κ3) is 2.95. The van der Waals surface area contributed by atoms with E-state index in [9.17, 15) is 9.59 Å². The van der Waals surface area contributed by atoms with Gasteiger partial charge in [-0.3, -0.25) is 9.59 Å². The number of ketones is 1. The molecule has 4 nitrogen and oxygen atoms in total. The van der Waals surface area contributed by atoms with Crippen LogP contribution in [0.25, 0.3) is 10.9 Å². The van der Waals surface area contributed by atoms with E-state index in [4.69, 9.17) is 0 Å². The average Bonchev–Trinajstić information content (AvgIpc) is 2.88. The maximum atomic E-state index is 12.6. The zero-order chi connectivity index (χ0) is 17.3. The van der Waals surface area contributed by atoms with E-state index >= 15 is 0 Å². The van der Waals surface area contributed by atoms with Crippen LogP contribution < -0.4 is 5.32 Å². The first-order valence-electron chi connectivity index (χ1n) is 7.93. The van der Waals surface area contributed by atoms with Crippen molar-refractivity contribution >= 4 is 22.6 Å². The summed E-state index contributed by atoms with van der Waals surface area (Å²) in [7, 11) is 0. The molecule has 0 spiro atoms. The summed E-state index contributed by atoms with van der Waals surface area (Å²) < 4.78 is 0. The lowest BCUT2D eigenvalue weighted by Gasteiger charge is -2.08. The highest BCUT2D eigenvalue weighted by Crippen LogP contribution is 2.22. The normalized spacial score (nSPS) is 10.8. The fourth-order valence-electron chi connectivity index (χ4n) is 2.98. The smallest absolute Gasteiger partial charge is 0.292 e. The Morgan fingerprint density at radius 2 is 1.79 bits per heavy atom. The van der Waals surface area contributed by atoms with E-state index < -0.39 is 11.7 Å². The van der Waals surface area contributed by atoms with Gasteiger partial charge in [-0.25, -0.2) is 0 Å². The molecule has 3 aromatic rings. The molecule has 0 atom stereocenters. The molecule has 4 heteroatoms. The molecule has 0 fully saturated rings. The quantitative estimate of drug-likeness (QED) is 0.570. The Labute approximate surface area is 140 Å². The minimum absolute atomic E-state index is 0.345. The molecule has 1 heterocycles. The summed E-state index contributed by atoms with van der Waals surface area (Å²) in [6.07, 6.45) is 0. The molecule has 0 radical (unpaired) electrons. The summed E-state index contributed by atoms with van der Waals surface area (Å²) >= 11 is 0. The van der Waals surface area contributed by atoms with Crippen LogP contribution in [0, 0.1) is 20.8 Å². The molecule has 0 saturated heterocycles. The lowest BCUT2D eigenvalue weighted by Crippen LogP contribution is -2.31. The van der Waals surface area contributed by atoms with Crippen molar-refractivity contribution in [1.82, 2.24) is 10.3 Å². The molecular formula is C20H20N2O2. The van der Waals surface area contributed by atoms with Crippen molar-refractivity contribution < 1.29 is 9.59 Å². The number of para-hydroxylation sites is 1. The van der Waals surface area contributed by atoms with E-state index in [0.29, 0.717) is 17.8 Å². The molecule has 122 valence electrons. The SMILES string of the molecule is Cc1ccc(CNC(=O)C(=O)c2c(C)[nH]c3ccccc23)c(C)c1. The molecule has 3 rings (SSSR count). The lowest BCUT2D eigenvalue weighted by molar-refractivity contribution is -0.117. The molecule has 0 aliphatic carbocycles. The number of H-pyrrole nitrogens is 1. The maximum absolute atomic E-state index is 12.6. The van der Waals surface area contributed by atoms with E-state index in [0.717, 1.165) is 22.0 Å². The monoisotopic (exact) mass is 320 g/mol. The Balaban J connectivity index is 1.79. The first-order valence-corrected chi connectivity index (χ1v) is 7.93. The predicted molar refractivity (Wildman–Crippen MR) is 95.1 cm³/mol. The molecule has 1 aromatic heterocycles. The maximum Gasteiger partial charge on any atom is 0.292 e. The van der Waals surface area contributed by atoms with Crippen molar-refractivity contribution in [3.8, 4) is 0 Å². The highest BCUT2D eigenvalue weighted by molar-refractivity contribution is 6.45. The molecule has 2 aromatic carbocycles. The van der Waals surface area contributed by atoms with E-state index in [1.165, 1.54) is 5.56 Å². The van der Waals surface area contributed by atoms with Crippen molar-refractivity contribution in [3.63, 3.8) is 0 Å². The Morgan fingerprint density at radius 1 is 1.04 bits per heavy atom. The number of aryl methyl sites for hydroxylation is 3. The highest BCUT2D eigenvalue weighted by Gasteiger charge is 2.22. The van der Waals surface area contributed by atoms with E-state index in [-0.39, 0.29) is 0 Å². The van der Waals surface area contributed by atoms with Gasteiger partial charge in [0.1, 0.15) is 0 Å². The van der Waals surface area contributed by atoms with Crippen molar-refractivity contribution in [2.75, 3.05) is 0 Å². The summed E-state index contributed by atoms with van der Waals surface area (Å²) in [6, 6.07) is 13.5. The fourth-order valence-corrected chi connectivity index (χ4v) is 2.98. The topological polar surface area (TPSA) is 62.0 Å². The van der Waals surface area contributed by atoms with Gasteiger partial charge in [-0.2, -0.15) is 0 Å². The summed E-state index contributed by atoms with van der Waals surface area (Å²) in [4.78, 5) is 28.0. The number of amides is 1. The van der Waals surface area contributed by atoms with Crippen LogP contribution in [-0.4, -0.2) is 16.7 Å². The predicted octanol–water partition coefficient (Wildman–Crippen LogP) is 3.59. The van der Waals surface area contributed by atoms with Gasteiger partial charge in [0.2, 0.25) is 0 Å². The van der Waals surface area contributed by atoms with Crippen LogP contribution in [0.1, 0.15) is 32.7 Å². The zero-order valence-corrected chi connectivity index (χ0v) is 14.1. The molecule has 0 aliphatic rings. The number of hydrogen-bond acceptors (Lipinski definition) is 2. The minimum atomic E-state index is -0.581. The average molecular weight is 320 g/mol. The highest BCUT2D eigenvalue weighted by atomic mass is 16.2. The van der Waals surface area contributed by atoms with Gasteiger partial charge in [-0.05, 0) is 38.0 Å². The summed E-state index contributed by atoms with van der Waals surface area (Å²) in [5.74, 6) is -1.09. The van der Waals surface area contributed by atoms with Crippen LogP contribution in [0.3, 0.4) is 0 Å². The van der Waals surface area contributed by atoms with Crippen LogP contribution in [0.4, 0.5) is 0 Å². The van der Waals surface area contributed by atoms with Crippen LogP contribution >= 0.6 is 0 Å². The van der Waals surface area contributed by atoms with Crippen LogP contribution in [-0.2, 0) is 11.3 Å². The van der Waals surface area contributed by atoms with Gasteiger partial charge >= 0.3 is 0 Å². The third-order valence-electron chi connectivity index (χ3n) is 4.26. The van der Waals surface area contributed by atoms with Gasteiger partial charge in [0, 0.05) is 23.1 Å². The molecule has 0 bridgehead atoms. The van der Waals surface area contributed by atoms with Crippen molar-refractivity contribution in [1.29, 1.82) is 0 Å². The number of aromatic amines is 1. The van der Waals surface area contributed by atoms with Gasteiger partial charge in [0.25, 0.3) is 11.7 Å². The van der Waals surface area contributed by atoms with Crippen LogP contribution in [0.15, 0.2) is 42.5 Å². The molecule has 2 N–H and O–H groups in total. The lowest BCUT2D eigenvalue weighted by atomic mass is 10.0. The number of nitrogens with one attached hydrogen (secondary N) is 2. The Kier molecular flexibility index (Phi) is 4.21. The molecular weight excluding hydrogens is 300 g/mol. The second-order valence-electron chi connectivity index (χ2n) is 6.11. The standard InChI is InChI=1S/C20H20N2O2/c1-12-8-9-15(13(2)10-12)11-21-20(24)19(23)18-14(3)22-17-7-5-4-6-16(17)18/h4-10,22H,11H2,1-3H3,(H,21,24). The van der Waals surface area contributed by atoms with Crippen LogP contribution in [0.5, 0.6) is 0 Å². The van der Waals surface area contributed by atoms with Gasteiger partial charge in [-0.1, -0.05) is 42.0 Å². The zero-order valence-electron chi connectivity index (χ0n) is 14.1. The molecule has 1 amide bonds. The first-order chi connectivity index (χ1) is 11.5. The van der Waals surface area contributed by atoms with Crippen molar-refractivity contribution in [3.05, 3.63) is 70.4 Å². The summed E-state index contributed by atoms with van der Waals surface area (Å²) in [5, 5.41) is 3.52. The fraction of sp³-hybridized carbons (Fsp3) is 0.200. The number of fused-ring (bicyclic) bond motifs is 1. The number of aromatic nitrogens is 1. The van der Waals surface area contributed by atoms with Crippen molar-refractivity contribution in [2.45, 2.75) is 27.3 Å². The molecule has 24 heavy (non-hydrogen) atoms. The number of carbonyl (C=O) groups excluding carboxylic acids is 2. The second kappa shape index (κ2) is 6.32. The number of Topliss-reactive ketones (excluding diaryl/α,β-unsaturated/α-hetero) is 1. The minimum Gasteiger partial charge on any atom is -0.358 e. The Bertz CT molecular complexity index is 938. The number of rotatable bonds is 4. The molecule has 0 aliphatic heterocycles. The number of benzene rings is 2. The van der Waals surface area contributed by atoms with Gasteiger partial charge in [-0.15, -0.1) is 0 Å². The molecule has 0 saturated carbocycles. The summed E-state index contributed by atoms with van der Waals surface area (Å²) in [6.45, 7) is 6.18. The van der Waals surface area contributed by atoms with Crippen molar-refractivity contribution in [2.24, 2.45) is 0 Å². The van der Waals surface area contributed by atoms with Gasteiger partial charge < -0.3 is 10.3 Å². The number of hydrogen-bond donors (Lipinski definition) is 2. The van der Waals surface area contributed by atoms with Gasteiger partial charge in [0.15, 0.2) is 0 Å². The number of carbonyl (C=O) groups is 2. The second-order valence-corrected chi connectivity index (χ2v) is 6.11. The van der Waals surface area contributed by atoms with E-state index in [2.05, 4.69) is 16.4 Å². The summed E-state index contributed by atoms with van der Waals surface area (Å²) in [5.41, 5.74) is 5.31. The van der Waals surface area contributed by atoms with Gasteiger partial charge in [0.05, 0.1) is 5.56 Å². The third-order valence-corrected chi connectivity index (χ3v) is 4.26. The van der Waals surface area contributed by atoms with E-state index in [1.54, 1.807) is 0 Å². The molecule has 0 unspecified atom stereocenters. The Hall–Kier alpha value is -2.88. The first kappa shape index (κ1) is 16.0.